The molecule has 0 spiro atoms. The first kappa shape index (κ1) is 15.1. The topological polar surface area (TPSA) is 57.8 Å². The van der Waals surface area contributed by atoms with Gasteiger partial charge in [-0.2, -0.15) is 0 Å². The second kappa shape index (κ2) is 6.99. The second-order valence-electron chi connectivity index (χ2n) is 6.44. The Morgan fingerprint density at radius 2 is 2.05 bits per heavy atom. The van der Waals surface area contributed by atoms with Gasteiger partial charge >= 0.3 is 0 Å². The first-order chi connectivity index (χ1) is 10.7. The Morgan fingerprint density at radius 1 is 1.32 bits per heavy atom. The van der Waals surface area contributed by atoms with Gasteiger partial charge in [-0.15, -0.1) is 0 Å². The molecule has 1 aromatic heterocycles. The number of nitrogens with zero attached hydrogens (tertiary/aromatic N) is 4. The highest BCUT2D eigenvalue weighted by molar-refractivity contribution is 5.78. The van der Waals surface area contributed by atoms with Crippen molar-refractivity contribution < 1.29 is 0 Å². The van der Waals surface area contributed by atoms with Crippen LogP contribution in [-0.2, 0) is 6.54 Å². The zero-order valence-electron chi connectivity index (χ0n) is 13.5. The number of nitrogens with two attached hydrogens (primary N) is 1. The minimum atomic E-state index is 0.605. The number of aliphatic imine (C=N–C) groups is 1. The summed E-state index contributed by atoms with van der Waals surface area (Å²) in [6.45, 7) is 2.87. The maximum absolute atomic E-state index is 6.06. The van der Waals surface area contributed by atoms with Gasteiger partial charge in [-0.3, -0.25) is 0 Å². The van der Waals surface area contributed by atoms with Gasteiger partial charge in [0.1, 0.15) is 5.82 Å². The number of guanidine groups is 1. The maximum Gasteiger partial charge on any atom is 0.191 e. The Kier molecular flexibility index (Phi) is 4.80. The molecular formula is C17H27N5. The van der Waals surface area contributed by atoms with E-state index in [2.05, 4.69) is 25.8 Å². The van der Waals surface area contributed by atoms with E-state index in [9.17, 15) is 0 Å². The Labute approximate surface area is 133 Å². The highest BCUT2D eigenvalue weighted by atomic mass is 15.3. The Hall–Kier alpha value is -1.78. The maximum atomic E-state index is 6.06. The van der Waals surface area contributed by atoms with Crippen LogP contribution in [0.25, 0.3) is 0 Å². The number of hydrogen-bond donors (Lipinski definition) is 1. The normalized spacial score (nSPS) is 19.9. The highest BCUT2D eigenvalue weighted by Gasteiger charge is 2.27. The first-order valence-electron chi connectivity index (χ1n) is 8.46. The van der Waals surface area contributed by atoms with Crippen molar-refractivity contribution in [2.24, 2.45) is 10.7 Å². The van der Waals surface area contributed by atoms with Gasteiger partial charge in [-0.25, -0.2) is 9.98 Å². The van der Waals surface area contributed by atoms with E-state index in [1.54, 1.807) is 0 Å². The van der Waals surface area contributed by atoms with Crippen LogP contribution in [0.15, 0.2) is 23.3 Å². The van der Waals surface area contributed by atoms with Gasteiger partial charge in [0.25, 0.3) is 0 Å². The molecule has 0 amide bonds. The molecule has 1 aromatic rings. The van der Waals surface area contributed by atoms with Gasteiger partial charge in [0, 0.05) is 32.4 Å². The van der Waals surface area contributed by atoms with E-state index in [1.165, 1.54) is 44.1 Å². The van der Waals surface area contributed by atoms with Crippen molar-refractivity contribution in [2.75, 3.05) is 25.0 Å². The van der Waals surface area contributed by atoms with Gasteiger partial charge in [0.15, 0.2) is 5.96 Å². The van der Waals surface area contributed by atoms with Crippen molar-refractivity contribution in [3.05, 3.63) is 23.9 Å². The summed E-state index contributed by atoms with van der Waals surface area (Å²) in [5.74, 6) is 1.74. The Morgan fingerprint density at radius 3 is 2.73 bits per heavy atom. The Balaban J connectivity index is 1.64. The highest BCUT2D eigenvalue weighted by Crippen LogP contribution is 2.25. The van der Waals surface area contributed by atoms with Crippen LogP contribution in [0.3, 0.4) is 0 Å². The second-order valence-corrected chi connectivity index (χ2v) is 6.44. The molecule has 2 fully saturated rings. The standard InChI is InChI=1S/C17H27N5/c1-21(15-6-7-15)17(18)20-13-14-8-9-19-16(12-14)22-10-4-2-3-5-11-22/h8-9,12,15H,2-7,10-11,13H2,1H3,(H2,18,20). The quantitative estimate of drug-likeness (QED) is 0.685. The van der Waals surface area contributed by atoms with Gasteiger partial charge in [-0.05, 0) is 43.4 Å². The van der Waals surface area contributed by atoms with E-state index in [0.717, 1.165) is 18.9 Å². The zero-order chi connectivity index (χ0) is 15.4. The van der Waals surface area contributed by atoms with Crippen LogP contribution in [0, 0.1) is 0 Å². The number of anilines is 1. The monoisotopic (exact) mass is 301 g/mol. The Bertz CT molecular complexity index is 516. The molecule has 0 radical (unpaired) electrons. The zero-order valence-corrected chi connectivity index (χ0v) is 13.5. The molecule has 1 aliphatic carbocycles. The lowest BCUT2D eigenvalue weighted by Gasteiger charge is -2.21. The van der Waals surface area contributed by atoms with Crippen LogP contribution in [0.5, 0.6) is 0 Å². The third kappa shape index (κ3) is 3.90. The van der Waals surface area contributed by atoms with E-state index in [4.69, 9.17) is 5.73 Å². The molecule has 0 bridgehead atoms. The SMILES string of the molecule is CN(C(N)=NCc1ccnc(N2CCCCCC2)c1)C1CC1. The van der Waals surface area contributed by atoms with Crippen molar-refractivity contribution in [3.63, 3.8) is 0 Å². The van der Waals surface area contributed by atoms with E-state index < -0.39 is 0 Å². The lowest BCUT2D eigenvalue weighted by Crippen LogP contribution is -2.35. The number of hydrogen-bond acceptors (Lipinski definition) is 3. The molecule has 1 saturated heterocycles. The predicted molar refractivity (Wildman–Crippen MR) is 91.0 cm³/mol. The third-order valence-electron chi connectivity index (χ3n) is 4.62. The fourth-order valence-electron chi connectivity index (χ4n) is 2.96. The molecule has 1 aliphatic heterocycles. The number of aromatic nitrogens is 1. The smallest absolute Gasteiger partial charge is 0.191 e. The molecule has 2 N–H and O–H groups in total. The van der Waals surface area contributed by atoms with E-state index in [-0.39, 0.29) is 0 Å². The molecule has 5 nitrogen and oxygen atoms in total. The summed E-state index contributed by atoms with van der Waals surface area (Å²) in [6, 6.07) is 4.81. The molecule has 1 saturated carbocycles. The van der Waals surface area contributed by atoms with Crippen molar-refractivity contribution in [2.45, 2.75) is 51.1 Å². The fraction of sp³-hybridized carbons (Fsp3) is 0.647. The summed E-state index contributed by atoms with van der Waals surface area (Å²) < 4.78 is 0. The van der Waals surface area contributed by atoms with Crippen LogP contribution in [-0.4, -0.2) is 42.0 Å². The molecule has 120 valence electrons. The minimum absolute atomic E-state index is 0.605. The van der Waals surface area contributed by atoms with Crippen LogP contribution in [0.4, 0.5) is 5.82 Å². The molecular weight excluding hydrogens is 274 g/mol. The van der Waals surface area contributed by atoms with E-state index in [0.29, 0.717) is 18.5 Å². The first-order valence-corrected chi connectivity index (χ1v) is 8.46. The molecule has 2 aliphatic rings. The minimum Gasteiger partial charge on any atom is -0.370 e. The van der Waals surface area contributed by atoms with Gasteiger partial charge < -0.3 is 15.5 Å². The molecule has 22 heavy (non-hydrogen) atoms. The average molecular weight is 301 g/mol. The van der Waals surface area contributed by atoms with Gasteiger partial charge in [0.2, 0.25) is 0 Å². The van der Waals surface area contributed by atoms with Gasteiger partial charge in [-0.1, -0.05) is 12.8 Å². The van der Waals surface area contributed by atoms with Crippen molar-refractivity contribution >= 4 is 11.8 Å². The summed E-state index contributed by atoms with van der Waals surface area (Å²) in [7, 11) is 2.03. The summed E-state index contributed by atoms with van der Waals surface area (Å²) in [5.41, 5.74) is 7.24. The summed E-state index contributed by atoms with van der Waals surface area (Å²) in [4.78, 5) is 13.6. The number of rotatable bonds is 4. The van der Waals surface area contributed by atoms with Crippen molar-refractivity contribution in [3.8, 4) is 0 Å². The van der Waals surface area contributed by atoms with Crippen LogP contribution < -0.4 is 10.6 Å². The lowest BCUT2D eigenvalue weighted by atomic mass is 10.2. The summed E-state index contributed by atoms with van der Waals surface area (Å²) in [5, 5.41) is 0. The molecule has 0 unspecified atom stereocenters. The predicted octanol–water partition coefficient (Wildman–Crippen LogP) is 2.37. The van der Waals surface area contributed by atoms with Crippen LogP contribution in [0.1, 0.15) is 44.1 Å². The summed E-state index contributed by atoms with van der Waals surface area (Å²) in [6.07, 6.45) is 9.58. The van der Waals surface area contributed by atoms with E-state index >= 15 is 0 Å². The van der Waals surface area contributed by atoms with E-state index in [1.807, 2.05) is 19.3 Å². The molecule has 3 rings (SSSR count). The number of pyridine rings is 1. The van der Waals surface area contributed by atoms with Crippen LogP contribution in [0.2, 0.25) is 0 Å². The third-order valence-corrected chi connectivity index (χ3v) is 4.62. The summed E-state index contributed by atoms with van der Waals surface area (Å²) >= 11 is 0. The average Bonchev–Trinajstić information content (AvgIpc) is 3.38. The molecule has 0 aromatic carbocycles. The molecule has 0 atom stereocenters. The molecule has 5 heteroatoms. The largest absolute Gasteiger partial charge is 0.370 e. The van der Waals surface area contributed by atoms with Crippen molar-refractivity contribution in [1.82, 2.24) is 9.88 Å². The van der Waals surface area contributed by atoms with Crippen LogP contribution >= 0.6 is 0 Å². The molecule has 2 heterocycles. The fourth-order valence-corrected chi connectivity index (χ4v) is 2.96. The lowest BCUT2D eigenvalue weighted by molar-refractivity contribution is 0.487. The van der Waals surface area contributed by atoms with Crippen molar-refractivity contribution in [1.29, 1.82) is 0 Å². The van der Waals surface area contributed by atoms with Gasteiger partial charge in [0.05, 0.1) is 6.54 Å².